The smallest absolute Gasteiger partial charge is 0.127 e. The van der Waals surface area contributed by atoms with Gasteiger partial charge in [0.25, 0.3) is 0 Å². The molecular formula is C17H25NO2. The van der Waals surface area contributed by atoms with E-state index in [1.54, 1.807) is 0 Å². The summed E-state index contributed by atoms with van der Waals surface area (Å²) in [6.45, 7) is 9.10. The van der Waals surface area contributed by atoms with Crippen molar-refractivity contribution in [3.63, 3.8) is 0 Å². The fourth-order valence-corrected chi connectivity index (χ4v) is 3.20. The van der Waals surface area contributed by atoms with Crippen LogP contribution in [0.25, 0.3) is 0 Å². The molecule has 1 unspecified atom stereocenters. The van der Waals surface area contributed by atoms with E-state index in [-0.39, 0.29) is 11.1 Å². The summed E-state index contributed by atoms with van der Waals surface area (Å²) in [5, 5.41) is 3.67. The quantitative estimate of drug-likeness (QED) is 0.919. The zero-order chi connectivity index (χ0) is 14.2. The van der Waals surface area contributed by atoms with Gasteiger partial charge in [0, 0.05) is 30.7 Å². The lowest BCUT2D eigenvalue weighted by Gasteiger charge is -2.34. The van der Waals surface area contributed by atoms with Gasteiger partial charge in [-0.1, -0.05) is 18.2 Å². The highest BCUT2D eigenvalue weighted by molar-refractivity contribution is 5.45. The van der Waals surface area contributed by atoms with E-state index < -0.39 is 0 Å². The number of benzene rings is 1. The number of para-hydroxylation sites is 1. The van der Waals surface area contributed by atoms with E-state index in [9.17, 15) is 0 Å². The standard InChI is InChI=1S/C17H25NO2/c1-16(2)10-13-6-4-7-14(15(13)20-16)11-18-17(3)8-5-9-19-12-17/h4,6-7,18H,5,8-12H2,1-3H3. The van der Waals surface area contributed by atoms with Gasteiger partial charge in [0.2, 0.25) is 0 Å². The minimum Gasteiger partial charge on any atom is -0.487 e. The van der Waals surface area contributed by atoms with Gasteiger partial charge in [-0.15, -0.1) is 0 Å². The summed E-state index contributed by atoms with van der Waals surface area (Å²) in [5.74, 6) is 1.09. The minimum atomic E-state index is -0.0731. The lowest BCUT2D eigenvalue weighted by molar-refractivity contribution is 0.0276. The van der Waals surface area contributed by atoms with Crippen molar-refractivity contribution in [1.29, 1.82) is 0 Å². The Morgan fingerprint density at radius 2 is 2.10 bits per heavy atom. The van der Waals surface area contributed by atoms with Crippen molar-refractivity contribution in [2.45, 2.75) is 57.7 Å². The van der Waals surface area contributed by atoms with E-state index in [4.69, 9.17) is 9.47 Å². The average molecular weight is 275 g/mol. The minimum absolute atomic E-state index is 0.0731. The maximum Gasteiger partial charge on any atom is 0.127 e. The molecule has 20 heavy (non-hydrogen) atoms. The second-order valence-corrected chi connectivity index (χ2v) is 7.01. The van der Waals surface area contributed by atoms with E-state index in [0.29, 0.717) is 0 Å². The summed E-state index contributed by atoms with van der Waals surface area (Å²) in [6, 6.07) is 6.49. The van der Waals surface area contributed by atoms with Crippen LogP contribution in [0.15, 0.2) is 18.2 Å². The van der Waals surface area contributed by atoms with Crippen LogP contribution in [0.5, 0.6) is 5.75 Å². The van der Waals surface area contributed by atoms with Crippen molar-refractivity contribution in [2.24, 2.45) is 0 Å². The zero-order valence-electron chi connectivity index (χ0n) is 12.8. The van der Waals surface area contributed by atoms with Crippen molar-refractivity contribution in [3.05, 3.63) is 29.3 Å². The summed E-state index contributed by atoms with van der Waals surface area (Å²) in [4.78, 5) is 0. The summed E-state index contributed by atoms with van der Waals surface area (Å²) in [5.41, 5.74) is 2.62. The molecule has 0 saturated carbocycles. The Balaban J connectivity index is 1.72. The fraction of sp³-hybridized carbons (Fsp3) is 0.647. The predicted molar refractivity (Wildman–Crippen MR) is 80.2 cm³/mol. The molecule has 0 aliphatic carbocycles. The molecule has 1 aromatic rings. The highest BCUT2D eigenvalue weighted by atomic mass is 16.5. The van der Waals surface area contributed by atoms with E-state index >= 15 is 0 Å². The molecule has 110 valence electrons. The number of hydrogen-bond donors (Lipinski definition) is 1. The van der Waals surface area contributed by atoms with Gasteiger partial charge >= 0.3 is 0 Å². The van der Waals surface area contributed by atoms with Crippen molar-refractivity contribution in [3.8, 4) is 5.75 Å². The first kappa shape index (κ1) is 13.9. The lowest BCUT2D eigenvalue weighted by Crippen LogP contribution is -2.48. The highest BCUT2D eigenvalue weighted by Crippen LogP contribution is 2.37. The summed E-state index contributed by atoms with van der Waals surface area (Å²) < 4.78 is 11.7. The molecule has 1 fully saturated rings. The molecule has 3 nitrogen and oxygen atoms in total. The molecule has 2 aliphatic heterocycles. The number of fused-ring (bicyclic) bond motifs is 1. The third-order valence-corrected chi connectivity index (χ3v) is 4.32. The van der Waals surface area contributed by atoms with Crippen molar-refractivity contribution in [1.82, 2.24) is 5.32 Å². The van der Waals surface area contributed by atoms with Gasteiger partial charge in [-0.25, -0.2) is 0 Å². The maximum absolute atomic E-state index is 6.13. The summed E-state index contributed by atoms with van der Waals surface area (Å²) in [6.07, 6.45) is 3.31. The van der Waals surface area contributed by atoms with Gasteiger partial charge in [0.1, 0.15) is 11.4 Å². The predicted octanol–water partition coefficient (Wildman–Crippen LogP) is 3.06. The van der Waals surface area contributed by atoms with Crippen LogP contribution in [0, 0.1) is 0 Å². The van der Waals surface area contributed by atoms with Crippen LogP contribution in [0.2, 0.25) is 0 Å². The van der Waals surface area contributed by atoms with Gasteiger partial charge in [0.05, 0.1) is 6.61 Å². The topological polar surface area (TPSA) is 30.5 Å². The summed E-state index contributed by atoms with van der Waals surface area (Å²) >= 11 is 0. The second-order valence-electron chi connectivity index (χ2n) is 7.01. The lowest BCUT2D eigenvalue weighted by atomic mass is 9.94. The van der Waals surface area contributed by atoms with Gasteiger partial charge in [-0.2, -0.15) is 0 Å². The Morgan fingerprint density at radius 3 is 2.85 bits per heavy atom. The van der Waals surface area contributed by atoms with E-state index in [2.05, 4.69) is 44.3 Å². The van der Waals surface area contributed by atoms with E-state index in [0.717, 1.165) is 38.3 Å². The van der Waals surface area contributed by atoms with Crippen LogP contribution < -0.4 is 10.1 Å². The Kier molecular flexibility index (Phi) is 3.51. The number of ether oxygens (including phenoxy) is 2. The summed E-state index contributed by atoms with van der Waals surface area (Å²) in [7, 11) is 0. The normalized spacial score (nSPS) is 27.9. The molecule has 3 heteroatoms. The SMILES string of the molecule is CC1(NCc2cccc3c2OC(C)(C)C3)CCCOC1. The molecule has 3 rings (SSSR count). The first-order chi connectivity index (χ1) is 9.48. The van der Waals surface area contributed by atoms with Crippen LogP contribution in [-0.2, 0) is 17.7 Å². The molecule has 0 aromatic heterocycles. The number of rotatable bonds is 3. The maximum atomic E-state index is 6.13. The number of hydrogen-bond acceptors (Lipinski definition) is 3. The van der Waals surface area contributed by atoms with Crippen molar-refractivity contribution >= 4 is 0 Å². The van der Waals surface area contributed by atoms with Crippen LogP contribution in [0.3, 0.4) is 0 Å². The van der Waals surface area contributed by atoms with Crippen LogP contribution in [0.4, 0.5) is 0 Å². The molecule has 2 aliphatic rings. The molecule has 2 heterocycles. The van der Waals surface area contributed by atoms with Gasteiger partial charge in [0.15, 0.2) is 0 Å². The molecule has 1 atom stereocenters. The molecular weight excluding hydrogens is 250 g/mol. The van der Waals surface area contributed by atoms with Crippen LogP contribution in [0.1, 0.15) is 44.7 Å². The molecule has 0 spiro atoms. The Morgan fingerprint density at radius 1 is 1.25 bits per heavy atom. The third kappa shape index (κ3) is 2.84. The Labute approximate surface area is 121 Å². The molecule has 1 saturated heterocycles. The molecule has 0 bridgehead atoms. The third-order valence-electron chi connectivity index (χ3n) is 4.32. The zero-order valence-corrected chi connectivity index (χ0v) is 12.8. The Bertz CT molecular complexity index is 490. The van der Waals surface area contributed by atoms with Crippen molar-refractivity contribution < 1.29 is 9.47 Å². The molecule has 0 amide bonds. The van der Waals surface area contributed by atoms with E-state index in [1.165, 1.54) is 17.5 Å². The molecule has 1 N–H and O–H groups in total. The molecule has 1 aromatic carbocycles. The van der Waals surface area contributed by atoms with Crippen LogP contribution in [-0.4, -0.2) is 24.4 Å². The first-order valence-electron chi connectivity index (χ1n) is 7.60. The largest absolute Gasteiger partial charge is 0.487 e. The highest BCUT2D eigenvalue weighted by Gasteiger charge is 2.32. The number of nitrogens with one attached hydrogen (secondary N) is 1. The Hall–Kier alpha value is -1.06. The van der Waals surface area contributed by atoms with Crippen LogP contribution >= 0.6 is 0 Å². The molecule has 0 radical (unpaired) electrons. The van der Waals surface area contributed by atoms with Crippen molar-refractivity contribution in [2.75, 3.05) is 13.2 Å². The van der Waals surface area contributed by atoms with Gasteiger partial charge in [-0.3, -0.25) is 0 Å². The second kappa shape index (κ2) is 5.05. The van der Waals surface area contributed by atoms with Gasteiger partial charge in [-0.05, 0) is 39.2 Å². The first-order valence-corrected chi connectivity index (χ1v) is 7.60. The van der Waals surface area contributed by atoms with E-state index in [1.807, 2.05) is 0 Å². The fourth-order valence-electron chi connectivity index (χ4n) is 3.20. The monoisotopic (exact) mass is 275 g/mol. The average Bonchev–Trinajstić information content (AvgIpc) is 2.71. The van der Waals surface area contributed by atoms with Gasteiger partial charge < -0.3 is 14.8 Å².